The van der Waals surface area contributed by atoms with E-state index in [1.54, 1.807) is 5.38 Å². The number of hydrogen-bond acceptors (Lipinski definition) is 3. The van der Waals surface area contributed by atoms with Crippen molar-refractivity contribution < 1.29 is 13.6 Å². The smallest absolute Gasteiger partial charge is 0.254 e. The molecule has 1 heterocycles. The number of nitrogens with zero attached hydrogens (tertiary/aromatic N) is 1. The van der Waals surface area contributed by atoms with Crippen molar-refractivity contribution >= 4 is 17.2 Å². The number of thiazole rings is 1. The number of aromatic nitrogens is 1. The van der Waals surface area contributed by atoms with Gasteiger partial charge in [-0.05, 0) is 19.1 Å². The van der Waals surface area contributed by atoms with Gasteiger partial charge in [-0.15, -0.1) is 11.3 Å². The highest BCUT2D eigenvalue weighted by molar-refractivity contribution is 7.09. The zero-order valence-corrected chi connectivity index (χ0v) is 10.4. The molecular formula is C12H10F2N2OS. The molecule has 1 aromatic carbocycles. The third-order valence-corrected chi connectivity index (χ3v) is 3.12. The van der Waals surface area contributed by atoms with Gasteiger partial charge in [0.05, 0.1) is 22.8 Å². The lowest BCUT2D eigenvalue weighted by atomic mass is 10.2. The van der Waals surface area contributed by atoms with Gasteiger partial charge in [-0.3, -0.25) is 4.79 Å². The van der Waals surface area contributed by atoms with E-state index < -0.39 is 17.5 Å². The van der Waals surface area contributed by atoms with Gasteiger partial charge < -0.3 is 5.32 Å². The van der Waals surface area contributed by atoms with Gasteiger partial charge in [0.15, 0.2) is 11.6 Å². The van der Waals surface area contributed by atoms with E-state index in [-0.39, 0.29) is 12.1 Å². The molecule has 0 fully saturated rings. The molecule has 0 aliphatic rings. The molecule has 0 atom stereocenters. The van der Waals surface area contributed by atoms with Crippen molar-refractivity contribution in [2.45, 2.75) is 13.5 Å². The Morgan fingerprint density at radius 2 is 2.22 bits per heavy atom. The van der Waals surface area contributed by atoms with Crippen molar-refractivity contribution in [3.05, 3.63) is 51.5 Å². The van der Waals surface area contributed by atoms with E-state index in [2.05, 4.69) is 10.3 Å². The standard InChI is InChI=1S/C12H10F2N2OS/c1-7-16-8(6-18-7)5-15-12(17)9-3-2-4-10(13)11(9)14/h2-4,6H,5H2,1H3,(H,15,17). The number of rotatable bonds is 3. The van der Waals surface area contributed by atoms with E-state index in [9.17, 15) is 13.6 Å². The van der Waals surface area contributed by atoms with Crippen LogP contribution >= 0.6 is 11.3 Å². The number of amides is 1. The van der Waals surface area contributed by atoms with Gasteiger partial charge in [-0.1, -0.05) is 6.07 Å². The zero-order valence-electron chi connectivity index (χ0n) is 9.54. The van der Waals surface area contributed by atoms with Crippen LogP contribution in [0.4, 0.5) is 8.78 Å². The molecule has 0 unspecified atom stereocenters. The Morgan fingerprint density at radius 1 is 1.44 bits per heavy atom. The first-order chi connectivity index (χ1) is 8.58. The summed E-state index contributed by atoms with van der Waals surface area (Å²) in [5, 5.41) is 5.18. The molecule has 0 aliphatic carbocycles. The fraction of sp³-hybridized carbons (Fsp3) is 0.167. The lowest BCUT2D eigenvalue weighted by Crippen LogP contribution is -2.24. The molecule has 0 spiro atoms. The predicted octanol–water partition coefficient (Wildman–Crippen LogP) is 2.66. The Balaban J connectivity index is 2.06. The fourth-order valence-electron chi connectivity index (χ4n) is 1.43. The number of halogens is 2. The van der Waals surface area contributed by atoms with Gasteiger partial charge in [0.25, 0.3) is 5.91 Å². The third-order valence-electron chi connectivity index (χ3n) is 2.29. The average molecular weight is 268 g/mol. The average Bonchev–Trinajstić information content (AvgIpc) is 2.76. The lowest BCUT2D eigenvalue weighted by molar-refractivity contribution is 0.0945. The molecule has 1 aromatic heterocycles. The molecule has 94 valence electrons. The number of nitrogens with one attached hydrogen (secondary N) is 1. The first-order valence-corrected chi connectivity index (χ1v) is 6.09. The molecule has 2 aromatic rings. The molecule has 0 bridgehead atoms. The first-order valence-electron chi connectivity index (χ1n) is 5.21. The highest BCUT2D eigenvalue weighted by Gasteiger charge is 2.14. The molecule has 18 heavy (non-hydrogen) atoms. The van der Waals surface area contributed by atoms with Crippen molar-refractivity contribution in [2.24, 2.45) is 0 Å². The van der Waals surface area contributed by atoms with Crippen molar-refractivity contribution in [1.29, 1.82) is 0 Å². The number of aryl methyl sites for hydroxylation is 1. The Hall–Kier alpha value is -1.82. The van der Waals surface area contributed by atoms with Crippen LogP contribution in [0.3, 0.4) is 0 Å². The monoisotopic (exact) mass is 268 g/mol. The molecule has 1 N–H and O–H groups in total. The summed E-state index contributed by atoms with van der Waals surface area (Å²) in [6, 6.07) is 3.50. The van der Waals surface area contributed by atoms with Gasteiger partial charge in [-0.25, -0.2) is 13.8 Å². The van der Waals surface area contributed by atoms with E-state index in [4.69, 9.17) is 0 Å². The van der Waals surface area contributed by atoms with Crippen LogP contribution < -0.4 is 5.32 Å². The minimum atomic E-state index is -1.13. The number of carbonyl (C=O) groups excluding carboxylic acids is 1. The van der Waals surface area contributed by atoms with Crippen molar-refractivity contribution in [3.63, 3.8) is 0 Å². The Labute approximate surface area is 106 Å². The second-order valence-electron chi connectivity index (χ2n) is 3.64. The Bertz CT molecular complexity index is 583. The first kappa shape index (κ1) is 12.6. The van der Waals surface area contributed by atoms with Gasteiger partial charge >= 0.3 is 0 Å². The Morgan fingerprint density at radius 3 is 2.89 bits per heavy atom. The van der Waals surface area contributed by atoms with Crippen LogP contribution in [0.25, 0.3) is 0 Å². The summed E-state index contributed by atoms with van der Waals surface area (Å²) < 4.78 is 26.3. The molecule has 0 saturated heterocycles. The number of carbonyl (C=O) groups is 1. The van der Waals surface area contributed by atoms with Crippen molar-refractivity contribution in [3.8, 4) is 0 Å². The number of hydrogen-bond donors (Lipinski definition) is 1. The largest absolute Gasteiger partial charge is 0.346 e. The number of benzene rings is 1. The maximum atomic E-state index is 13.3. The molecule has 0 saturated carbocycles. The van der Waals surface area contributed by atoms with Crippen LogP contribution in [0.1, 0.15) is 21.1 Å². The topological polar surface area (TPSA) is 42.0 Å². The highest BCUT2D eigenvalue weighted by atomic mass is 32.1. The second-order valence-corrected chi connectivity index (χ2v) is 4.70. The minimum Gasteiger partial charge on any atom is -0.346 e. The summed E-state index contributed by atoms with van der Waals surface area (Å²) in [5.74, 6) is -2.82. The van der Waals surface area contributed by atoms with Crippen molar-refractivity contribution in [2.75, 3.05) is 0 Å². The van der Waals surface area contributed by atoms with E-state index in [0.29, 0.717) is 5.69 Å². The van der Waals surface area contributed by atoms with E-state index in [0.717, 1.165) is 11.1 Å². The summed E-state index contributed by atoms with van der Waals surface area (Å²) in [6.45, 7) is 2.04. The second kappa shape index (κ2) is 5.22. The van der Waals surface area contributed by atoms with Crippen LogP contribution in [0.5, 0.6) is 0 Å². The molecule has 2 rings (SSSR count). The maximum absolute atomic E-state index is 13.3. The van der Waals surface area contributed by atoms with Crippen LogP contribution in [-0.4, -0.2) is 10.9 Å². The molecule has 0 radical (unpaired) electrons. The van der Waals surface area contributed by atoms with Crippen LogP contribution in [0, 0.1) is 18.6 Å². The minimum absolute atomic E-state index is 0.194. The van der Waals surface area contributed by atoms with E-state index >= 15 is 0 Å². The molecule has 0 aliphatic heterocycles. The van der Waals surface area contributed by atoms with Gasteiger partial charge in [0, 0.05) is 5.38 Å². The van der Waals surface area contributed by atoms with Gasteiger partial charge in [-0.2, -0.15) is 0 Å². The Kier molecular flexibility index (Phi) is 3.66. The summed E-state index contributed by atoms with van der Waals surface area (Å²) in [4.78, 5) is 15.8. The fourth-order valence-corrected chi connectivity index (χ4v) is 2.05. The summed E-state index contributed by atoms with van der Waals surface area (Å²) in [7, 11) is 0. The summed E-state index contributed by atoms with van der Waals surface area (Å²) in [5.41, 5.74) is 0.393. The quantitative estimate of drug-likeness (QED) is 0.929. The lowest BCUT2D eigenvalue weighted by Gasteiger charge is -2.04. The molecule has 6 heteroatoms. The van der Waals surface area contributed by atoms with E-state index in [1.165, 1.54) is 23.5 Å². The summed E-state index contributed by atoms with van der Waals surface area (Å²) >= 11 is 1.46. The zero-order chi connectivity index (χ0) is 13.1. The van der Waals surface area contributed by atoms with Crippen LogP contribution in [0.15, 0.2) is 23.6 Å². The maximum Gasteiger partial charge on any atom is 0.254 e. The van der Waals surface area contributed by atoms with Gasteiger partial charge in [0.2, 0.25) is 0 Å². The molecule has 3 nitrogen and oxygen atoms in total. The van der Waals surface area contributed by atoms with Crippen molar-refractivity contribution in [1.82, 2.24) is 10.3 Å². The normalized spacial score (nSPS) is 10.4. The van der Waals surface area contributed by atoms with E-state index in [1.807, 2.05) is 6.92 Å². The molecular weight excluding hydrogens is 258 g/mol. The third kappa shape index (κ3) is 2.70. The van der Waals surface area contributed by atoms with Crippen LogP contribution in [-0.2, 0) is 6.54 Å². The predicted molar refractivity (Wildman–Crippen MR) is 64.4 cm³/mol. The summed E-state index contributed by atoms with van der Waals surface area (Å²) in [6.07, 6.45) is 0. The van der Waals surface area contributed by atoms with Gasteiger partial charge in [0.1, 0.15) is 0 Å². The SMILES string of the molecule is Cc1nc(CNC(=O)c2cccc(F)c2F)cs1. The highest BCUT2D eigenvalue weighted by Crippen LogP contribution is 2.12. The van der Waals surface area contributed by atoms with Crippen LogP contribution in [0.2, 0.25) is 0 Å². The molecule has 1 amide bonds.